The summed E-state index contributed by atoms with van der Waals surface area (Å²) in [5.74, 6) is 0.918. The first-order valence-corrected chi connectivity index (χ1v) is 7.11. The predicted molar refractivity (Wildman–Crippen MR) is 72.7 cm³/mol. The molecule has 2 heterocycles. The molecular formula is C14H19N3O3. The molecule has 0 bridgehead atoms. The van der Waals surface area contributed by atoms with Gasteiger partial charge >= 0.3 is 0 Å². The number of aryl methyl sites for hydroxylation is 1. The standard InChI is InChI=1S/C14H19N3O3/c1-8-11(13(19)16-12(15-8)10-2-3-10)14(20)17-5-4-9(6-17)7-18/h9-10,18H,2-7H2,1H3,(H,15,16,19). The molecule has 1 aromatic heterocycles. The van der Waals surface area contributed by atoms with E-state index < -0.39 is 0 Å². The van der Waals surface area contributed by atoms with Gasteiger partial charge in [0.25, 0.3) is 11.5 Å². The Morgan fingerprint density at radius 1 is 1.45 bits per heavy atom. The zero-order valence-electron chi connectivity index (χ0n) is 11.6. The molecule has 6 nitrogen and oxygen atoms in total. The number of aliphatic hydroxyl groups excluding tert-OH is 1. The van der Waals surface area contributed by atoms with Gasteiger partial charge in [-0.2, -0.15) is 0 Å². The highest BCUT2D eigenvalue weighted by Gasteiger charge is 2.31. The van der Waals surface area contributed by atoms with Gasteiger partial charge in [0, 0.05) is 31.5 Å². The van der Waals surface area contributed by atoms with Crippen molar-refractivity contribution in [1.82, 2.24) is 14.9 Å². The molecule has 108 valence electrons. The average Bonchev–Trinajstić information content (AvgIpc) is 3.15. The van der Waals surface area contributed by atoms with E-state index in [0.29, 0.717) is 30.5 Å². The molecule has 6 heteroatoms. The fourth-order valence-corrected chi connectivity index (χ4v) is 2.73. The first-order valence-electron chi connectivity index (χ1n) is 7.11. The van der Waals surface area contributed by atoms with E-state index in [1.54, 1.807) is 11.8 Å². The Hall–Kier alpha value is -1.69. The number of carbonyl (C=O) groups excluding carboxylic acids is 1. The molecule has 0 spiro atoms. The Kier molecular flexibility index (Phi) is 3.33. The van der Waals surface area contributed by atoms with Gasteiger partial charge in [-0.25, -0.2) is 4.98 Å². The van der Waals surface area contributed by atoms with Gasteiger partial charge in [-0.3, -0.25) is 9.59 Å². The largest absolute Gasteiger partial charge is 0.396 e. The van der Waals surface area contributed by atoms with Crippen LogP contribution in [0, 0.1) is 12.8 Å². The third-order valence-corrected chi connectivity index (χ3v) is 4.13. The van der Waals surface area contributed by atoms with Crippen LogP contribution in [-0.4, -0.2) is 45.6 Å². The molecule has 1 aromatic rings. The molecule has 1 atom stereocenters. The number of hydrogen-bond donors (Lipinski definition) is 2. The number of nitrogens with zero attached hydrogens (tertiary/aromatic N) is 2. The van der Waals surface area contributed by atoms with Crippen LogP contribution >= 0.6 is 0 Å². The number of H-pyrrole nitrogens is 1. The lowest BCUT2D eigenvalue weighted by Crippen LogP contribution is -2.35. The molecule has 1 unspecified atom stereocenters. The Morgan fingerprint density at radius 2 is 2.20 bits per heavy atom. The summed E-state index contributed by atoms with van der Waals surface area (Å²) in [4.78, 5) is 33.3. The van der Waals surface area contributed by atoms with Crippen molar-refractivity contribution >= 4 is 5.91 Å². The molecule has 1 aliphatic carbocycles. The quantitative estimate of drug-likeness (QED) is 0.838. The van der Waals surface area contributed by atoms with Crippen LogP contribution < -0.4 is 5.56 Å². The molecule has 0 radical (unpaired) electrons. The number of likely N-dealkylation sites (tertiary alicyclic amines) is 1. The van der Waals surface area contributed by atoms with Crippen molar-refractivity contribution in [2.24, 2.45) is 5.92 Å². The summed E-state index contributed by atoms with van der Waals surface area (Å²) in [6, 6.07) is 0. The van der Waals surface area contributed by atoms with Gasteiger partial charge < -0.3 is 15.0 Å². The first kappa shape index (κ1) is 13.3. The lowest BCUT2D eigenvalue weighted by Gasteiger charge is -2.16. The fourth-order valence-electron chi connectivity index (χ4n) is 2.73. The third kappa shape index (κ3) is 2.35. The Labute approximate surface area is 116 Å². The lowest BCUT2D eigenvalue weighted by molar-refractivity contribution is 0.0778. The second-order valence-electron chi connectivity index (χ2n) is 5.77. The monoisotopic (exact) mass is 277 g/mol. The second kappa shape index (κ2) is 5.01. The Morgan fingerprint density at radius 3 is 2.75 bits per heavy atom. The van der Waals surface area contributed by atoms with Crippen molar-refractivity contribution in [3.05, 3.63) is 27.4 Å². The van der Waals surface area contributed by atoms with Crippen LogP contribution in [-0.2, 0) is 0 Å². The first-order chi connectivity index (χ1) is 9.60. The molecule has 0 aromatic carbocycles. The third-order valence-electron chi connectivity index (χ3n) is 4.13. The minimum Gasteiger partial charge on any atom is -0.396 e. The molecule has 1 saturated carbocycles. The van der Waals surface area contributed by atoms with Gasteiger partial charge in [-0.15, -0.1) is 0 Å². The molecule has 2 fully saturated rings. The lowest BCUT2D eigenvalue weighted by atomic mass is 10.1. The van der Waals surface area contributed by atoms with E-state index in [1.807, 2.05) is 0 Å². The van der Waals surface area contributed by atoms with E-state index in [-0.39, 0.29) is 29.6 Å². The molecule has 20 heavy (non-hydrogen) atoms. The van der Waals surface area contributed by atoms with Gasteiger partial charge in [0.2, 0.25) is 0 Å². The average molecular weight is 277 g/mol. The number of hydrogen-bond acceptors (Lipinski definition) is 4. The van der Waals surface area contributed by atoms with E-state index in [9.17, 15) is 9.59 Å². The molecule has 2 N–H and O–H groups in total. The van der Waals surface area contributed by atoms with Crippen molar-refractivity contribution in [3.8, 4) is 0 Å². The number of amides is 1. The molecule has 1 amide bonds. The van der Waals surface area contributed by atoms with Crippen LogP contribution in [0.5, 0.6) is 0 Å². The molecule has 3 rings (SSSR count). The summed E-state index contributed by atoms with van der Waals surface area (Å²) in [6.07, 6.45) is 2.90. The number of aromatic amines is 1. The highest BCUT2D eigenvalue weighted by atomic mass is 16.3. The molecule has 2 aliphatic rings. The van der Waals surface area contributed by atoms with Crippen molar-refractivity contribution < 1.29 is 9.90 Å². The summed E-state index contributed by atoms with van der Waals surface area (Å²) in [6.45, 7) is 2.90. The van der Waals surface area contributed by atoms with Crippen molar-refractivity contribution in [2.45, 2.75) is 32.1 Å². The summed E-state index contributed by atoms with van der Waals surface area (Å²) < 4.78 is 0. The second-order valence-corrected chi connectivity index (χ2v) is 5.77. The summed E-state index contributed by atoms with van der Waals surface area (Å²) in [7, 11) is 0. The number of aliphatic hydroxyl groups is 1. The van der Waals surface area contributed by atoms with Crippen LogP contribution in [0.2, 0.25) is 0 Å². The maximum Gasteiger partial charge on any atom is 0.264 e. The zero-order chi connectivity index (χ0) is 14.3. The normalized spacial score (nSPS) is 22.3. The summed E-state index contributed by atoms with van der Waals surface area (Å²) in [5, 5.41) is 9.13. The Balaban J connectivity index is 1.86. The van der Waals surface area contributed by atoms with Crippen molar-refractivity contribution in [3.63, 3.8) is 0 Å². The topological polar surface area (TPSA) is 86.3 Å². The molecule has 1 saturated heterocycles. The van der Waals surface area contributed by atoms with Crippen molar-refractivity contribution in [1.29, 1.82) is 0 Å². The van der Waals surface area contributed by atoms with E-state index in [4.69, 9.17) is 5.11 Å². The zero-order valence-corrected chi connectivity index (χ0v) is 11.6. The number of carbonyl (C=O) groups is 1. The van der Waals surface area contributed by atoms with Crippen LogP contribution in [0.4, 0.5) is 0 Å². The fraction of sp³-hybridized carbons (Fsp3) is 0.643. The maximum absolute atomic E-state index is 12.4. The summed E-state index contributed by atoms with van der Waals surface area (Å²) in [5.41, 5.74) is 0.318. The number of aromatic nitrogens is 2. The van der Waals surface area contributed by atoms with Gasteiger partial charge in [0.15, 0.2) is 0 Å². The minimum atomic E-state index is -0.336. The van der Waals surface area contributed by atoms with Gasteiger partial charge in [0.05, 0.1) is 5.69 Å². The number of nitrogens with one attached hydrogen (secondary N) is 1. The highest BCUT2D eigenvalue weighted by Crippen LogP contribution is 2.37. The SMILES string of the molecule is Cc1nc(C2CC2)[nH]c(=O)c1C(=O)N1CCC(CO)C1. The predicted octanol–water partition coefficient (Wildman–Crippen LogP) is 0.410. The minimum absolute atomic E-state index is 0.0813. The van der Waals surface area contributed by atoms with Crippen LogP contribution in [0.3, 0.4) is 0 Å². The Bertz CT molecular complexity index is 592. The van der Waals surface area contributed by atoms with Crippen LogP contribution in [0.1, 0.15) is 47.1 Å². The number of rotatable bonds is 3. The maximum atomic E-state index is 12.4. The van der Waals surface area contributed by atoms with E-state index >= 15 is 0 Å². The smallest absolute Gasteiger partial charge is 0.264 e. The molecule has 1 aliphatic heterocycles. The van der Waals surface area contributed by atoms with Gasteiger partial charge in [-0.05, 0) is 26.2 Å². The van der Waals surface area contributed by atoms with Gasteiger partial charge in [-0.1, -0.05) is 0 Å². The van der Waals surface area contributed by atoms with Crippen LogP contribution in [0.15, 0.2) is 4.79 Å². The van der Waals surface area contributed by atoms with E-state index in [2.05, 4.69) is 9.97 Å². The van der Waals surface area contributed by atoms with E-state index in [0.717, 1.165) is 19.3 Å². The van der Waals surface area contributed by atoms with Crippen LogP contribution in [0.25, 0.3) is 0 Å². The highest BCUT2D eigenvalue weighted by molar-refractivity contribution is 5.95. The van der Waals surface area contributed by atoms with Crippen molar-refractivity contribution in [2.75, 3.05) is 19.7 Å². The summed E-state index contributed by atoms with van der Waals surface area (Å²) >= 11 is 0. The van der Waals surface area contributed by atoms with E-state index in [1.165, 1.54) is 0 Å². The molecular weight excluding hydrogens is 258 g/mol. The van der Waals surface area contributed by atoms with Gasteiger partial charge in [0.1, 0.15) is 11.4 Å².